The fourth-order valence-corrected chi connectivity index (χ4v) is 3.54. The number of ether oxygens (including phenoxy) is 1. The number of methoxy groups -OCH3 is 1. The van der Waals surface area contributed by atoms with E-state index in [1.807, 2.05) is 18.2 Å². The molecular weight excluding hydrogens is 338 g/mol. The molecule has 1 heterocycles. The van der Waals surface area contributed by atoms with Gasteiger partial charge in [0.2, 0.25) is 0 Å². The summed E-state index contributed by atoms with van der Waals surface area (Å²) < 4.78 is 5.23. The SMILES string of the molecule is COc1ccc(O)c(CN2CCC[C@@H](C(=O)c3cccc(Cl)c3)C2)c1. The van der Waals surface area contributed by atoms with Crippen LogP contribution in [0.1, 0.15) is 28.8 Å². The first-order valence-electron chi connectivity index (χ1n) is 8.45. The molecule has 1 saturated heterocycles. The maximum absolute atomic E-state index is 12.8. The van der Waals surface area contributed by atoms with Gasteiger partial charge in [-0.2, -0.15) is 0 Å². The predicted molar refractivity (Wildman–Crippen MR) is 98.4 cm³/mol. The maximum atomic E-state index is 12.8. The van der Waals surface area contributed by atoms with E-state index in [0.29, 0.717) is 23.7 Å². The highest BCUT2D eigenvalue weighted by atomic mass is 35.5. The largest absolute Gasteiger partial charge is 0.508 e. The summed E-state index contributed by atoms with van der Waals surface area (Å²) in [6.07, 6.45) is 1.84. The quantitative estimate of drug-likeness (QED) is 0.815. The fourth-order valence-electron chi connectivity index (χ4n) is 3.35. The van der Waals surface area contributed by atoms with Crippen molar-refractivity contribution in [2.45, 2.75) is 19.4 Å². The van der Waals surface area contributed by atoms with Crippen LogP contribution in [0.15, 0.2) is 42.5 Å². The highest BCUT2D eigenvalue weighted by molar-refractivity contribution is 6.31. The molecule has 5 heteroatoms. The van der Waals surface area contributed by atoms with Crippen LogP contribution in [0.3, 0.4) is 0 Å². The fraction of sp³-hybridized carbons (Fsp3) is 0.350. The highest BCUT2D eigenvalue weighted by Crippen LogP contribution is 2.28. The average molecular weight is 360 g/mol. The Kier molecular flexibility index (Phi) is 5.61. The van der Waals surface area contributed by atoms with Crippen LogP contribution < -0.4 is 4.74 Å². The molecule has 0 spiro atoms. The van der Waals surface area contributed by atoms with Gasteiger partial charge >= 0.3 is 0 Å². The monoisotopic (exact) mass is 359 g/mol. The van der Waals surface area contributed by atoms with Gasteiger partial charge in [-0.3, -0.25) is 9.69 Å². The van der Waals surface area contributed by atoms with E-state index in [2.05, 4.69) is 4.90 Å². The van der Waals surface area contributed by atoms with Crippen molar-refractivity contribution >= 4 is 17.4 Å². The Morgan fingerprint density at radius 2 is 2.16 bits per heavy atom. The van der Waals surface area contributed by atoms with E-state index in [1.165, 1.54) is 0 Å². The zero-order valence-corrected chi connectivity index (χ0v) is 15.0. The molecule has 4 nitrogen and oxygen atoms in total. The van der Waals surface area contributed by atoms with Gasteiger partial charge in [-0.15, -0.1) is 0 Å². The van der Waals surface area contributed by atoms with Crippen LogP contribution in [0.2, 0.25) is 5.02 Å². The Balaban J connectivity index is 1.70. The first-order chi connectivity index (χ1) is 12.1. The topological polar surface area (TPSA) is 49.8 Å². The van der Waals surface area contributed by atoms with Gasteiger partial charge in [0, 0.05) is 35.2 Å². The van der Waals surface area contributed by atoms with Crippen LogP contribution in [-0.2, 0) is 6.54 Å². The standard InChI is InChI=1S/C20H22ClNO3/c1-25-18-7-8-19(23)16(11-18)13-22-9-3-5-15(12-22)20(24)14-4-2-6-17(21)10-14/h2,4,6-8,10-11,15,23H,3,5,9,12-13H2,1H3/t15-/m1/s1. The van der Waals surface area contributed by atoms with E-state index in [9.17, 15) is 9.90 Å². The molecule has 1 aliphatic rings. The minimum atomic E-state index is -0.0417. The minimum absolute atomic E-state index is 0.0417. The first kappa shape index (κ1) is 17.8. The molecule has 1 N–H and O–H groups in total. The lowest BCUT2D eigenvalue weighted by Crippen LogP contribution is -2.38. The number of Topliss-reactive ketones (excluding diaryl/α,β-unsaturated/α-hetero) is 1. The van der Waals surface area contributed by atoms with Crippen LogP contribution in [0.4, 0.5) is 0 Å². The molecule has 0 radical (unpaired) electrons. The first-order valence-corrected chi connectivity index (χ1v) is 8.82. The Morgan fingerprint density at radius 1 is 1.32 bits per heavy atom. The average Bonchev–Trinajstić information content (AvgIpc) is 2.63. The molecule has 132 valence electrons. The van der Waals surface area contributed by atoms with E-state index in [4.69, 9.17) is 16.3 Å². The Morgan fingerprint density at radius 3 is 2.92 bits per heavy atom. The molecule has 0 bridgehead atoms. The van der Waals surface area contributed by atoms with Crippen molar-refractivity contribution in [3.8, 4) is 11.5 Å². The summed E-state index contributed by atoms with van der Waals surface area (Å²) >= 11 is 6.01. The molecule has 2 aromatic carbocycles. The number of halogens is 1. The lowest BCUT2D eigenvalue weighted by atomic mass is 9.90. The third-order valence-corrected chi connectivity index (χ3v) is 4.90. The van der Waals surface area contributed by atoms with Gasteiger partial charge < -0.3 is 9.84 Å². The third-order valence-electron chi connectivity index (χ3n) is 4.67. The van der Waals surface area contributed by atoms with Crippen LogP contribution in [-0.4, -0.2) is 36.0 Å². The van der Waals surface area contributed by atoms with Gasteiger partial charge in [0.15, 0.2) is 5.78 Å². The number of nitrogens with zero attached hydrogens (tertiary/aromatic N) is 1. The van der Waals surface area contributed by atoms with Crippen molar-refractivity contribution in [2.75, 3.05) is 20.2 Å². The maximum Gasteiger partial charge on any atom is 0.167 e. The van der Waals surface area contributed by atoms with Gasteiger partial charge in [0.1, 0.15) is 11.5 Å². The second-order valence-corrected chi connectivity index (χ2v) is 6.88. The number of likely N-dealkylation sites (tertiary alicyclic amines) is 1. The zero-order chi connectivity index (χ0) is 17.8. The summed E-state index contributed by atoms with van der Waals surface area (Å²) in [4.78, 5) is 15.0. The molecule has 0 amide bonds. The minimum Gasteiger partial charge on any atom is -0.508 e. The van der Waals surface area contributed by atoms with Crippen LogP contribution in [0.25, 0.3) is 0 Å². The van der Waals surface area contributed by atoms with Crippen molar-refractivity contribution < 1.29 is 14.6 Å². The van der Waals surface area contributed by atoms with E-state index in [1.54, 1.807) is 31.4 Å². The molecule has 1 aliphatic heterocycles. The van der Waals surface area contributed by atoms with E-state index in [0.717, 1.165) is 30.7 Å². The Labute approximate surface area is 153 Å². The number of benzene rings is 2. The van der Waals surface area contributed by atoms with Crippen LogP contribution in [0.5, 0.6) is 11.5 Å². The number of hydrogen-bond donors (Lipinski definition) is 1. The van der Waals surface area contributed by atoms with Crippen LogP contribution >= 0.6 is 11.6 Å². The molecule has 1 fully saturated rings. The van der Waals surface area contributed by atoms with Crippen LogP contribution in [0, 0.1) is 5.92 Å². The van der Waals surface area contributed by atoms with E-state index in [-0.39, 0.29) is 17.5 Å². The number of carbonyl (C=O) groups excluding carboxylic acids is 1. The van der Waals surface area contributed by atoms with Gasteiger partial charge in [-0.1, -0.05) is 23.7 Å². The molecule has 0 saturated carbocycles. The Bertz CT molecular complexity index is 762. The second-order valence-electron chi connectivity index (χ2n) is 6.44. The molecular formula is C20H22ClNO3. The highest BCUT2D eigenvalue weighted by Gasteiger charge is 2.27. The molecule has 2 aromatic rings. The third kappa shape index (κ3) is 4.33. The number of piperidine rings is 1. The molecule has 1 atom stereocenters. The van der Waals surface area contributed by atoms with Gasteiger partial charge in [0.05, 0.1) is 7.11 Å². The summed E-state index contributed by atoms with van der Waals surface area (Å²) in [5, 5.41) is 10.7. The van der Waals surface area contributed by atoms with Crippen molar-refractivity contribution in [3.63, 3.8) is 0 Å². The van der Waals surface area contributed by atoms with Crippen molar-refractivity contribution in [2.24, 2.45) is 5.92 Å². The van der Waals surface area contributed by atoms with E-state index >= 15 is 0 Å². The summed E-state index contributed by atoms with van der Waals surface area (Å²) in [5.74, 6) is 1.07. The molecule has 0 unspecified atom stereocenters. The molecule has 0 aliphatic carbocycles. The number of rotatable bonds is 5. The predicted octanol–water partition coefficient (Wildman–Crippen LogP) is 4.15. The van der Waals surface area contributed by atoms with Crippen molar-refractivity contribution in [1.29, 1.82) is 0 Å². The number of aromatic hydroxyl groups is 1. The van der Waals surface area contributed by atoms with Crippen molar-refractivity contribution in [1.82, 2.24) is 4.90 Å². The number of hydrogen-bond acceptors (Lipinski definition) is 4. The second kappa shape index (κ2) is 7.89. The summed E-state index contributed by atoms with van der Waals surface area (Å²) in [6, 6.07) is 12.4. The normalized spacial score (nSPS) is 18.1. The van der Waals surface area contributed by atoms with E-state index < -0.39 is 0 Å². The summed E-state index contributed by atoms with van der Waals surface area (Å²) in [5.41, 5.74) is 1.48. The smallest absolute Gasteiger partial charge is 0.167 e. The number of ketones is 1. The van der Waals surface area contributed by atoms with Gasteiger partial charge in [-0.05, 0) is 49.7 Å². The Hall–Kier alpha value is -2.04. The van der Waals surface area contributed by atoms with Crippen molar-refractivity contribution in [3.05, 3.63) is 58.6 Å². The zero-order valence-electron chi connectivity index (χ0n) is 14.2. The lowest BCUT2D eigenvalue weighted by molar-refractivity contribution is 0.0811. The number of phenols is 1. The molecule has 25 heavy (non-hydrogen) atoms. The number of phenolic OH excluding ortho intramolecular Hbond substituents is 1. The molecule has 3 rings (SSSR count). The van der Waals surface area contributed by atoms with Gasteiger partial charge in [-0.25, -0.2) is 0 Å². The lowest BCUT2D eigenvalue weighted by Gasteiger charge is -2.32. The summed E-state index contributed by atoms with van der Waals surface area (Å²) in [6.45, 7) is 2.19. The molecule has 0 aromatic heterocycles. The van der Waals surface area contributed by atoms with Gasteiger partial charge in [0.25, 0.3) is 0 Å². The summed E-state index contributed by atoms with van der Waals surface area (Å²) in [7, 11) is 1.61. The number of carbonyl (C=O) groups is 1.